The molecule has 3 amide bonds. The van der Waals surface area contributed by atoms with Crippen molar-refractivity contribution >= 4 is 29.0 Å². The fourth-order valence-corrected chi connectivity index (χ4v) is 2.29. The zero-order valence-corrected chi connectivity index (χ0v) is 13.3. The number of nitrogens with one attached hydrogen (secondary N) is 3. The van der Waals surface area contributed by atoms with Crippen LogP contribution < -0.4 is 25.4 Å². The van der Waals surface area contributed by atoms with E-state index in [4.69, 9.17) is 9.47 Å². The molecular formula is C17H17N3O4. The van der Waals surface area contributed by atoms with E-state index in [9.17, 15) is 9.59 Å². The summed E-state index contributed by atoms with van der Waals surface area (Å²) in [5.74, 6) is 1.08. The van der Waals surface area contributed by atoms with Crippen molar-refractivity contribution in [1.29, 1.82) is 0 Å². The van der Waals surface area contributed by atoms with E-state index in [-0.39, 0.29) is 12.7 Å². The summed E-state index contributed by atoms with van der Waals surface area (Å²) in [6, 6.07) is 10.0. The first-order chi connectivity index (χ1) is 11.5. The van der Waals surface area contributed by atoms with E-state index >= 15 is 0 Å². The second-order valence-corrected chi connectivity index (χ2v) is 5.36. The Kier molecular flexibility index (Phi) is 4.24. The molecule has 0 aromatic heterocycles. The Morgan fingerprint density at radius 1 is 0.917 bits per heavy atom. The molecule has 0 saturated carbocycles. The number of rotatable bonds is 3. The van der Waals surface area contributed by atoms with Crippen molar-refractivity contribution in [2.75, 3.05) is 22.7 Å². The number of benzene rings is 2. The number of amides is 3. The molecule has 1 heterocycles. The van der Waals surface area contributed by atoms with Gasteiger partial charge in [-0.25, -0.2) is 4.79 Å². The summed E-state index contributed by atoms with van der Waals surface area (Å²) in [6.07, 6.45) is 0. The van der Waals surface area contributed by atoms with Gasteiger partial charge in [0.1, 0.15) is 0 Å². The van der Waals surface area contributed by atoms with Gasteiger partial charge in [0.15, 0.2) is 11.5 Å². The van der Waals surface area contributed by atoms with Crippen molar-refractivity contribution in [3.8, 4) is 11.5 Å². The van der Waals surface area contributed by atoms with E-state index in [1.165, 1.54) is 6.92 Å². The van der Waals surface area contributed by atoms with Gasteiger partial charge in [0, 0.05) is 30.1 Å². The van der Waals surface area contributed by atoms with Crippen LogP contribution in [0.5, 0.6) is 11.5 Å². The van der Waals surface area contributed by atoms with Crippen LogP contribution in [-0.2, 0) is 4.79 Å². The van der Waals surface area contributed by atoms with Crippen LogP contribution in [0.25, 0.3) is 0 Å². The van der Waals surface area contributed by atoms with E-state index in [0.717, 1.165) is 5.56 Å². The van der Waals surface area contributed by atoms with Gasteiger partial charge in [0.05, 0.1) is 0 Å². The Morgan fingerprint density at radius 2 is 1.58 bits per heavy atom. The molecule has 2 aromatic rings. The highest BCUT2D eigenvalue weighted by Gasteiger charge is 2.14. The Morgan fingerprint density at radius 3 is 2.33 bits per heavy atom. The molecule has 3 N–H and O–H groups in total. The first-order valence-electron chi connectivity index (χ1n) is 7.37. The van der Waals surface area contributed by atoms with Crippen LogP contribution in [0, 0.1) is 6.92 Å². The zero-order valence-electron chi connectivity index (χ0n) is 13.3. The molecule has 1 aliphatic rings. The second kappa shape index (κ2) is 6.49. The summed E-state index contributed by atoms with van der Waals surface area (Å²) in [6.45, 7) is 3.49. The number of hydrogen-bond acceptors (Lipinski definition) is 4. The van der Waals surface area contributed by atoms with Gasteiger partial charge >= 0.3 is 6.03 Å². The highest BCUT2D eigenvalue weighted by atomic mass is 16.7. The molecule has 0 saturated heterocycles. The lowest BCUT2D eigenvalue weighted by Gasteiger charge is -2.11. The summed E-state index contributed by atoms with van der Waals surface area (Å²) >= 11 is 0. The molecule has 124 valence electrons. The van der Waals surface area contributed by atoms with Crippen molar-refractivity contribution in [3.63, 3.8) is 0 Å². The zero-order chi connectivity index (χ0) is 17.1. The third-order valence-corrected chi connectivity index (χ3v) is 3.44. The van der Waals surface area contributed by atoms with Crippen LogP contribution in [0.1, 0.15) is 12.5 Å². The maximum absolute atomic E-state index is 12.1. The lowest BCUT2D eigenvalue weighted by Crippen LogP contribution is -2.19. The molecule has 0 spiro atoms. The smallest absolute Gasteiger partial charge is 0.323 e. The Balaban J connectivity index is 1.67. The van der Waals surface area contributed by atoms with Crippen LogP contribution in [-0.4, -0.2) is 18.7 Å². The summed E-state index contributed by atoms with van der Waals surface area (Å²) in [5.41, 5.74) is 2.73. The van der Waals surface area contributed by atoms with Gasteiger partial charge in [0.25, 0.3) is 0 Å². The van der Waals surface area contributed by atoms with E-state index in [1.807, 2.05) is 13.0 Å². The molecule has 0 fully saturated rings. The average molecular weight is 327 g/mol. The molecule has 0 bridgehead atoms. The van der Waals surface area contributed by atoms with Gasteiger partial charge in [-0.2, -0.15) is 0 Å². The summed E-state index contributed by atoms with van der Waals surface area (Å²) in [7, 11) is 0. The van der Waals surface area contributed by atoms with Gasteiger partial charge in [-0.3, -0.25) is 4.79 Å². The molecule has 1 aliphatic heterocycles. The maximum Gasteiger partial charge on any atom is 0.323 e. The number of hydrogen-bond donors (Lipinski definition) is 3. The average Bonchev–Trinajstić information content (AvgIpc) is 2.97. The monoisotopic (exact) mass is 327 g/mol. The maximum atomic E-state index is 12.1. The molecule has 0 unspecified atom stereocenters. The number of carbonyl (C=O) groups excluding carboxylic acids is 2. The third kappa shape index (κ3) is 3.57. The summed E-state index contributed by atoms with van der Waals surface area (Å²) < 4.78 is 10.5. The Labute approximate surface area is 139 Å². The number of carbonyl (C=O) groups is 2. The third-order valence-electron chi connectivity index (χ3n) is 3.44. The fourth-order valence-electron chi connectivity index (χ4n) is 2.29. The molecule has 2 aromatic carbocycles. The van der Waals surface area contributed by atoms with E-state index < -0.39 is 6.03 Å². The standard InChI is InChI=1S/C17H17N3O4/c1-10-3-4-12(7-14(10)18-11(2)21)19-17(22)20-13-5-6-15-16(8-13)24-9-23-15/h3-8H,9H2,1-2H3,(H,18,21)(H2,19,20,22). The van der Waals surface area contributed by atoms with Crippen LogP contribution in [0.15, 0.2) is 36.4 Å². The molecule has 24 heavy (non-hydrogen) atoms. The molecule has 0 radical (unpaired) electrons. The fraction of sp³-hybridized carbons (Fsp3) is 0.176. The SMILES string of the molecule is CC(=O)Nc1cc(NC(=O)Nc2ccc3c(c2)OCO3)ccc1C. The highest BCUT2D eigenvalue weighted by Crippen LogP contribution is 2.34. The highest BCUT2D eigenvalue weighted by molar-refractivity contribution is 6.00. The van der Waals surface area contributed by atoms with Crippen molar-refractivity contribution in [3.05, 3.63) is 42.0 Å². The second-order valence-electron chi connectivity index (χ2n) is 5.36. The number of urea groups is 1. The van der Waals surface area contributed by atoms with Gasteiger partial charge in [-0.05, 0) is 36.8 Å². The predicted octanol–water partition coefficient (Wildman–Crippen LogP) is 3.33. The normalized spacial score (nSPS) is 11.8. The molecule has 0 aliphatic carbocycles. The molecule has 0 atom stereocenters. The van der Waals surface area contributed by atoms with Crippen LogP contribution >= 0.6 is 0 Å². The largest absolute Gasteiger partial charge is 0.454 e. The first kappa shape index (κ1) is 15.7. The van der Waals surface area contributed by atoms with Crippen molar-refractivity contribution in [1.82, 2.24) is 0 Å². The quantitative estimate of drug-likeness (QED) is 0.807. The first-order valence-corrected chi connectivity index (χ1v) is 7.37. The van der Waals surface area contributed by atoms with Crippen LogP contribution in [0.3, 0.4) is 0 Å². The van der Waals surface area contributed by atoms with Crippen molar-refractivity contribution in [2.24, 2.45) is 0 Å². The van der Waals surface area contributed by atoms with Crippen molar-refractivity contribution in [2.45, 2.75) is 13.8 Å². The van der Waals surface area contributed by atoms with Gasteiger partial charge in [-0.1, -0.05) is 6.07 Å². The number of fused-ring (bicyclic) bond motifs is 1. The van der Waals surface area contributed by atoms with Gasteiger partial charge in [-0.15, -0.1) is 0 Å². The topological polar surface area (TPSA) is 88.7 Å². The van der Waals surface area contributed by atoms with E-state index in [0.29, 0.717) is 28.6 Å². The van der Waals surface area contributed by atoms with Gasteiger partial charge < -0.3 is 25.4 Å². The van der Waals surface area contributed by atoms with E-state index in [2.05, 4.69) is 16.0 Å². The predicted molar refractivity (Wildman–Crippen MR) is 90.7 cm³/mol. The van der Waals surface area contributed by atoms with Crippen molar-refractivity contribution < 1.29 is 19.1 Å². The Hall–Kier alpha value is -3.22. The summed E-state index contributed by atoms with van der Waals surface area (Å²) in [5, 5.41) is 8.17. The van der Waals surface area contributed by atoms with Crippen LogP contribution in [0.4, 0.5) is 21.9 Å². The Bertz CT molecular complexity index is 804. The minimum Gasteiger partial charge on any atom is -0.454 e. The molecule has 7 nitrogen and oxygen atoms in total. The lowest BCUT2D eigenvalue weighted by atomic mass is 10.2. The summed E-state index contributed by atoms with van der Waals surface area (Å²) in [4.78, 5) is 23.3. The van der Waals surface area contributed by atoms with Crippen LogP contribution in [0.2, 0.25) is 0 Å². The van der Waals surface area contributed by atoms with E-state index in [1.54, 1.807) is 30.3 Å². The molecule has 7 heteroatoms. The molecule has 3 rings (SSSR count). The minimum absolute atomic E-state index is 0.167. The minimum atomic E-state index is -0.397. The number of anilines is 3. The lowest BCUT2D eigenvalue weighted by molar-refractivity contribution is -0.114. The van der Waals surface area contributed by atoms with Gasteiger partial charge in [0.2, 0.25) is 12.7 Å². The molecular weight excluding hydrogens is 310 g/mol. The number of aryl methyl sites for hydroxylation is 1. The number of ether oxygens (including phenoxy) is 2.